The van der Waals surface area contributed by atoms with E-state index in [1.807, 2.05) is 0 Å². The van der Waals surface area contributed by atoms with Gasteiger partial charge in [-0.05, 0) is 58.3 Å². The fourth-order valence-electron chi connectivity index (χ4n) is 2.81. The van der Waals surface area contributed by atoms with Crippen molar-refractivity contribution in [2.45, 2.75) is 27.2 Å². The molecule has 2 nitrogen and oxygen atoms in total. The van der Waals surface area contributed by atoms with E-state index in [9.17, 15) is 5.11 Å². The summed E-state index contributed by atoms with van der Waals surface area (Å²) in [6.07, 6.45) is 1.06. The van der Waals surface area contributed by atoms with Crippen LogP contribution in [0.25, 0.3) is 0 Å². The molecule has 3 heteroatoms. The van der Waals surface area contributed by atoms with Crippen molar-refractivity contribution >= 4 is 21.6 Å². The summed E-state index contributed by atoms with van der Waals surface area (Å²) in [7, 11) is 0. The van der Waals surface area contributed by atoms with Gasteiger partial charge in [0.25, 0.3) is 0 Å². The largest absolute Gasteiger partial charge is 0.396 e. The molecule has 1 atom stereocenters. The second-order valence-electron chi connectivity index (χ2n) is 6.03. The van der Waals surface area contributed by atoms with Gasteiger partial charge in [-0.25, -0.2) is 0 Å². The Hall–Kier alpha value is -0.540. The number of piperidine rings is 1. The monoisotopic (exact) mass is 311 g/mol. The van der Waals surface area contributed by atoms with E-state index in [0.29, 0.717) is 12.5 Å². The first-order valence-electron chi connectivity index (χ1n) is 6.56. The summed E-state index contributed by atoms with van der Waals surface area (Å²) < 4.78 is 1.17. The summed E-state index contributed by atoms with van der Waals surface area (Å²) >= 11 is 3.66. The lowest BCUT2D eigenvalue weighted by molar-refractivity contribution is 0.0972. The van der Waals surface area contributed by atoms with Crippen LogP contribution in [0.15, 0.2) is 22.7 Å². The SMILES string of the molecule is Cc1ccc(N2CCC(CO)C(C)(C)C2)c(Br)c1. The van der Waals surface area contributed by atoms with Crippen LogP contribution < -0.4 is 4.90 Å². The lowest BCUT2D eigenvalue weighted by Crippen LogP contribution is -2.47. The highest BCUT2D eigenvalue weighted by Crippen LogP contribution is 2.38. The van der Waals surface area contributed by atoms with Crippen LogP contribution in [0, 0.1) is 18.3 Å². The zero-order chi connectivity index (χ0) is 13.3. The molecule has 0 aromatic heterocycles. The standard InChI is InChI=1S/C15H22BrNO/c1-11-4-5-14(13(16)8-11)17-7-6-12(9-18)15(2,3)10-17/h4-5,8,12,18H,6-7,9-10H2,1-3H3. The summed E-state index contributed by atoms with van der Waals surface area (Å²) in [5.41, 5.74) is 2.71. The molecule has 0 bridgehead atoms. The van der Waals surface area contributed by atoms with Gasteiger partial charge < -0.3 is 10.0 Å². The van der Waals surface area contributed by atoms with Crippen LogP contribution in [0.5, 0.6) is 0 Å². The zero-order valence-corrected chi connectivity index (χ0v) is 13.0. The molecule has 18 heavy (non-hydrogen) atoms. The summed E-state index contributed by atoms with van der Waals surface area (Å²) in [6, 6.07) is 6.51. The van der Waals surface area contributed by atoms with E-state index in [-0.39, 0.29) is 5.41 Å². The highest BCUT2D eigenvalue weighted by Gasteiger charge is 2.35. The van der Waals surface area contributed by atoms with Crippen molar-refractivity contribution in [2.75, 3.05) is 24.6 Å². The fraction of sp³-hybridized carbons (Fsp3) is 0.600. The van der Waals surface area contributed by atoms with Crippen molar-refractivity contribution in [1.82, 2.24) is 0 Å². The van der Waals surface area contributed by atoms with Gasteiger partial charge in [0.05, 0.1) is 5.69 Å². The van der Waals surface area contributed by atoms with Crippen molar-refractivity contribution in [1.29, 1.82) is 0 Å². The number of rotatable bonds is 2. The van der Waals surface area contributed by atoms with Gasteiger partial charge in [0.1, 0.15) is 0 Å². The maximum absolute atomic E-state index is 9.45. The van der Waals surface area contributed by atoms with E-state index >= 15 is 0 Å². The molecule has 1 aliphatic heterocycles. The Labute approximate surface area is 118 Å². The Morgan fingerprint density at radius 2 is 2.17 bits per heavy atom. The summed E-state index contributed by atoms with van der Waals surface area (Å²) in [5, 5.41) is 9.45. The first kappa shape index (κ1) is 13.9. The molecule has 1 saturated heterocycles. The molecule has 0 spiro atoms. The van der Waals surface area contributed by atoms with Crippen molar-refractivity contribution in [3.05, 3.63) is 28.2 Å². The highest BCUT2D eigenvalue weighted by atomic mass is 79.9. The average molecular weight is 312 g/mol. The van der Waals surface area contributed by atoms with E-state index in [4.69, 9.17) is 0 Å². The van der Waals surface area contributed by atoms with Crippen LogP contribution in [0.4, 0.5) is 5.69 Å². The fourth-order valence-corrected chi connectivity index (χ4v) is 3.56. The average Bonchev–Trinajstić information content (AvgIpc) is 2.27. The van der Waals surface area contributed by atoms with E-state index in [0.717, 1.165) is 19.5 Å². The maximum Gasteiger partial charge on any atom is 0.0511 e. The number of anilines is 1. The van der Waals surface area contributed by atoms with Gasteiger partial charge in [0.15, 0.2) is 0 Å². The number of halogens is 1. The minimum Gasteiger partial charge on any atom is -0.396 e. The Morgan fingerprint density at radius 3 is 2.72 bits per heavy atom. The molecule has 1 fully saturated rings. The van der Waals surface area contributed by atoms with E-state index < -0.39 is 0 Å². The Balaban J connectivity index is 2.21. The third-order valence-electron chi connectivity index (χ3n) is 4.12. The lowest BCUT2D eigenvalue weighted by Gasteiger charge is -2.45. The van der Waals surface area contributed by atoms with Gasteiger partial charge in [-0.1, -0.05) is 19.9 Å². The van der Waals surface area contributed by atoms with Crippen LogP contribution >= 0.6 is 15.9 Å². The minimum absolute atomic E-state index is 0.164. The van der Waals surface area contributed by atoms with Crippen LogP contribution in [-0.4, -0.2) is 24.8 Å². The summed E-state index contributed by atoms with van der Waals surface area (Å²) in [6.45, 7) is 8.94. The van der Waals surface area contributed by atoms with Crippen LogP contribution in [-0.2, 0) is 0 Å². The molecule has 0 radical (unpaired) electrons. The third-order valence-corrected chi connectivity index (χ3v) is 4.75. The molecule has 1 N–H and O–H groups in total. The molecule has 1 aromatic rings. The first-order chi connectivity index (χ1) is 8.44. The molecule has 1 aliphatic rings. The molecular formula is C15H22BrNO. The number of benzene rings is 1. The molecule has 1 unspecified atom stereocenters. The molecule has 100 valence electrons. The summed E-state index contributed by atoms with van der Waals surface area (Å²) in [5.74, 6) is 0.415. The van der Waals surface area contributed by atoms with E-state index in [1.54, 1.807) is 0 Å². The molecule has 2 rings (SSSR count). The minimum atomic E-state index is 0.164. The van der Waals surface area contributed by atoms with Crippen LogP contribution in [0.2, 0.25) is 0 Å². The number of aliphatic hydroxyl groups excluding tert-OH is 1. The second kappa shape index (κ2) is 5.22. The Bertz CT molecular complexity index is 431. The van der Waals surface area contributed by atoms with Crippen LogP contribution in [0.3, 0.4) is 0 Å². The second-order valence-corrected chi connectivity index (χ2v) is 6.89. The van der Waals surface area contributed by atoms with Crippen molar-refractivity contribution in [2.24, 2.45) is 11.3 Å². The quantitative estimate of drug-likeness (QED) is 0.902. The van der Waals surface area contributed by atoms with Gasteiger partial charge in [-0.2, -0.15) is 0 Å². The van der Waals surface area contributed by atoms with Gasteiger partial charge in [-0.15, -0.1) is 0 Å². The molecule has 1 aromatic carbocycles. The van der Waals surface area contributed by atoms with Crippen molar-refractivity contribution < 1.29 is 5.11 Å². The third kappa shape index (κ3) is 2.72. The Kier molecular flexibility index (Phi) is 4.02. The van der Waals surface area contributed by atoms with Gasteiger partial charge >= 0.3 is 0 Å². The van der Waals surface area contributed by atoms with Gasteiger partial charge in [0, 0.05) is 24.2 Å². The number of hydrogen-bond donors (Lipinski definition) is 1. The van der Waals surface area contributed by atoms with Gasteiger partial charge in [-0.3, -0.25) is 0 Å². The van der Waals surface area contributed by atoms with Crippen molar-refractivity contribution in [3.8, 4) is 0 Å². The molecule has 0 amide bonds. The predicted molar refractivity (Wildman–Crippen MR) is 80.1 cm³/mol. The predicted octanol–water partition coefficient (Wildman–Crippen LogP) is 3.60. The van der Waals surface area contributed by atoms with Crippen molar-refractivity contribution in [3.63, 3.8) is 0 Å². The van der Waals surface area contributed by atoms with E-state index in [2.05, 4.69) is 59.8 Å². The topological polar surface area (TPSA) is 23.5 Å². The smallest absolute Gasteiger partial charge is 0.0511 e. The highest BCUT2D eigenvalue weighted by molar-refractivity contribution is 9.10. The lowest BCUT2D eigenvalue weighted by atomic mass is 9.74. The number of hydrogen-bond acceptors (Lipinski definition) is 2. The molecule has 0 aliphatic carbocycles. The summed E-state index contributed by atoms with van der Waals surface area (Å²) in [4.78, 5) is 2.43. The number of aryl methyl sites for hydroxylation is 1. The van der Waals surface area contributed by atoms with Crippen LogP contribution in [0.1, 0.15) is 25.8 Å². The van der Waals surface area contributed by atoms with Gasteiger partial charge in [0.2, 0.25) is 0 Å². The first-order valence-corrected chi connectivity index (χ1v) is 7.35. The molecular weight excluding hydrogens is 290 g/mol. The van der Waals surface area contributed by atoms with E-state index in [1.165, 1.54) is 15.7 Å². The zero-order valence-electron chi connectivity index (χ0n) is 11.4. The number of nitrogens with zero attached hydrogens (tertiary/aromatic N) is 1. The Morgan fingerprint density at radius 1 is 1.44 bits per heavy atom. The number of aliphatic hydroxyl groups is 1. The molecule has 1 heterocycles. The maximum atomic E-state index is 9.45. The molecule has 0 saturated carbocycles. The normalized spacial score (nSPS) is 23.2.